The molecule has 20 heavy (non-hydrogen) atoms. The Balaban J connectivity index is 2.39. The van der Waals surface area contributed by atoms with Gasteiger partial charge in [0.15, 0.2) is 5.69 Å². The first kappa shape index (κ1) is 15.5. The Kier molecular flexibility index (Phi) is 4.55. The van der Waals surface area contributed by atoms with Gasteiger partial charge in [-0.1, -0.05) is 15.9 Å². The molecule has 0 fully saturated rings. The highest BCUT2D eigenvalue weighted by Gasteiger charge is 2.33. The predicted octanol–water partition coefficient (Wildman–Crippen LogP) is 5.42. The zero-order chi connectivity index (χ0) is 14.9. The highest BCUT2D eigenvalue weighted by Crippen LogP contribution is 2.32. The summed E-state index contributed by atoms with van der Waals surface area (Å²) in [5.74, 6) is -0.0453. The Morgan fingerprint density at radius 1 is 1.10 bits per heavy atom. The van der Waals surface area contributed by atoms with Crippen LogP contribution in [0.1, 0.15) is 5.69 Å². The van der Waals surface area contributed by atoms with Crippen molar-refractivity contribution in [3.63, 3.8) is 0 Å². The molecule has 1 N–H and O–H groups in total. The number of alkyl halides is 3. The molecule has 1 heterocycles. The van der Waals surface area contributed by atoms with E-state index < -0.39 is 17.2 Å². The van der Waals surface area contributed by atoms with Crippen molar-refractivity contribution in [1.29, 1.82) is 0 Å². The number of rotatable bonds is 2. The Morgan fingerprint density at radius 2 is 1.80 bits per heavy atom. The molecule has 2 aromatic rings. The van der Waals surface area contributed by atoms with Crippen LogP contribution in [0.2, 0.25) is 5.28 Å². The van der Waals surface area contributed by atoms with Gasteiger partial charge in [0.05, 0.1) is 5.69 Å². The standard InChI is InChI=1S/C11H5Br2ClF3N3/c12-5-1-2-6(13)7(3-5)18-9-4-8(11(15,16)17)19-10(14)20-9/h1-4H,(H,18,19,20). The van der Waals surface area contributed by atoms with E-state index in [0.717, 1.165) is 10.5 Å². The first-order valence-electron chi connectivity index (χ1n) is 5.09. The molecule has 0 spiro atoms. The lowest BCUT2D eigenvalue weighted by Gasteiger charge is -2.11. The van der Waals surface area contributed by atoms with Gasteiger partial charge in [-0.3, -0.25) is 0 Å². The average Bonchev–Trinajstić information content (AvgIpc) is 2.32. The maximum Gasteiger partial charge on any atom is 0.433 e. The molecule has 0 unspecified atom stereocenters. The smallest absolute Gasteiger partial charge is 0.339 e. The topological polar surface area (TPSA) is 37.8 Å². The van der Waals surface area contributed by atoms with E-state index in [0.29, 0.717) is 10.2 Å². The minimum absolute atomic E-state index is 0.0453. The lowest BCUT2D eigenvalue weighted by Crippen LogP contribution is -2.10. The lowest BCUT2D eigenvalue weighted by atomic mass is 10.3. The van der Waals surface area contributed by atoms with E-state index in [2.05, 4.69) is 47.1 Å². The number of halogens is 6. The zero-order valence-electron chi connectivity index (χ0n) is 9.47. The summed E-state index contributed by atoms with van der Waals surface area (Å²) in [6, 6.07) is 6.00. The van der Waals surface area contributed by atoms with Gasteiger partial charge in [0.2, 0.25) is 5.28 Å². The van der Waals surface area contributed by atoms with Crippen LogP contribution in [0, 0.1) is 0 Å². The Bertz CT molecular complexity index is 649. The number of nitrogens with zero attached hydrogens (tertiary/aromatic N) is 2. The van der Waals surface area contributed by atoms with Gasteiger partial charge in [-0.15, -0.1) is 0 Å². The fraction of sp³-hybridized carbons (Fsp3) is 0.0909. The van der Waals surface area contributed by atoms with E-state index in [9.17, 15) is 13.2 Å². The van der Waals surface area contributed by atoms with Crippen LogP contribution in [0.25, 0.3) is 0 Å². The van der Waals surface area contributed by atoms with Crippen LogP contribution in [0.15, 0.2) is 33.2 Å². The minimum atomic E-state index is -4.59. The second-order valence-electron chi connectivity index (χ2n) is 3.65. The number of hydrogen-bond acceptors (Lipinski definition) is 3. The Labute approximate surface area is 133 Å². The van der Waals surface area contributed by atoms with E-state index in [-0.39, 0.29) is 5.82 Å². The number of hydrogen-bond donors (Lipinski definition) is 1. The highest BCUT2D eigenvalue weighted by molar-refractivity contribution is 9.11. The SMILES string of the molecule is FC(F)(F)c1cc(Nc2cc(Br)ccc2Br)nc(Cl)n1. The third-order valence-corrected chi connectivity index (χ3v) is 3.53. The molecule has 3 nitrogen and oxygen atoms in total. The Morgan fingerprint density at radius 3 is 2.45 bits per heavy atom. The number of anilines is 2. The van der Waals surface area contributed by atoms with Crippen molar-refractivity contribution >= 4 is 55.0 Å². The summed E-state index contributed by atoms with van der Waals surface area (Å²) >= 11 is 12.1. The average molecular weight is 431 g/mol. The molecular weight excluding hydrogens is 426 g/mol. The first-order chi connectivity index (χ1) is 9.25. The third kappa shape index (κ3) is 3.83. The fourth-order valence-corrected chi connectivity index (χ4v) is 2.25. The fourth-order valence-electron chi connectivity index (χ4n) is 1.36. The molecule has 0 atom stereocenters. The van der Waals surface area contributed by atoms with Gasteiger partial charge in [-0.2, -0.15) is 13.2 Å². The van der Waals surface area contributed by atoms with Crippen LogP contribution in [0.5, 0.6) is 0 Å². The molecule has 0 saturated carbocycles. The zero-order valence-corrected chi connectivity index (χ0v) is 13.4. The molecule has 1 aromatic heterocycles. The van der Waals surface area contributed by atoms with Crippen molar-refractivity contribution in [3.8, 4) is 0 Å². The number of aromatic nitrogens is 2. The van der Waals surface area contributed by atoms with Gasteiger partial charge < -0.3 is 5.32 Å². The molecule has 2 rings (SSSR count). The van der Waals surface area contributed by atoms with Crippen LogP contribution < -0.4 is 5.32 Å². The van der Waals surface area contributed by atoms with Crippen LogP contribution in [-0.2, 0) is 6.18 Å². The molecule has 9 heteroatoms. The molecule has 0 aliphatic heterocycles. The van der Waals surface area contributed by atoms with Crippen molar-refractivity contribution in [3.05, 3.63) is 44.2 Å². The van der Waals surface area contributed by atoms with Crippen molar-refractivity contribution in [2.24, 2.45) is 0 Å². The van der Waals surface area contributed by atoms with Crippen LogP contribution >= 0.6 is 43.5 Å². The minimum Gasteiger partial charge on any atom is -0.339 e. The van der Waals surface area contributed by atoms with Crippen molar-refractivity contribution in [2.45, 2.75) is 6.18 Å². The third-order valence-electron chi connectivity index (χ3n) is 2.18. The van der Waals surface area contributed by atoms with Gasteiger partial charge in [-0.25, -0.2) is 9.97 Å². The number of benzene rings is 1. The summed E-state index contributed by atoms with van der Waals surface area (Å²) in [7, 11) is 0. The van der Waals surface area contributed by atoms with Crippen LogP contribution in [0.3, 0.4) is 0 Å². The summed E-state index contributed by atoms with van der Waals surface area (Å²) in [4.78, 5) is 6.88. The lowest BCUT2D eigenvalue weighted by molar-refractivity contribution is -0.141. The maximum atomic E-state index is 12.6. The number of nitrogens with one attached hydrogen (secondary N) is 1. The highest BCUT2D eigenvalue weighted by atomic mass is 79.9. The van der Waals surface area contributed by atoms with Crippen molar-refractivity contribution < 1.29 is 13.2 Å². The summed E-state index contributed by atoms with van der Waals surface area (Å²) in [6.07, 6.45) is -4.59. The Hall–Kier alpha value is -0.860. The van der Waals surface area contributed by atoms with Crippen LogP contribution in [-0.4, -0.2) is 9.97 Å². The summed E-state index contributed by atoms with van der Waals surface area (Å²) in [6.45, 7) is 0. The summed E-state index contributed by atoms with van der Waals surface area (Å²) in [5, 5.41) is 2.28. The van der Waals surface area contributed by atoms with Gasteiger partial charge in [0.25, 0.3) is 0 Å². The normalized spacial score (nSPS) is 11.5. The van der Waals surface area contributed by atoms with Gasteiger partial charge in [-0.05, 0) is 45.7 Å². The molecule has 0 radical (unpaired) electrons. The van der Waals surface area contributed by atoms with Gasteiger partial charge in [0, 0.05) is 15.0 Å². The van der Waals surface area contributed by atoms with Gasteiger partial charge in [0.1, 0.15) is 5.82 Å². The summed E-state index contributed by atoms with van der Waals surface area (Å²) < 4.78 is 39.3. The molecule has 106 valence electrons. The van der Waals surface area contributed by atoms with Crippen LogP contribution in [0.4, 0.5) is 24.7 Å². The molecule has 0 bridgehead atoms. The molecular formula is C11H5Br2ClF3N3. The molecule has 0 aliphatic rings. The molecule has 0 aliphatic carbocycles. The quantitative estimate of drug-likeness (QED) is 0.646. The second kappa shape index (κ2) is 5.87. The van der Waals surface area contributed by atoms with E-state index in [1.807, 2.05) is 0 Å². The monoisotopic (exact) mass is 429 g/mol. The van der Waals surface area contributed by atoms with Crippen molar-refractivity contribution in [2.75, 3.05) is 5.32 Å². The van der Waals surface area contributed by atoms with E-state index in [1.165, 1.54) is 0 Å². The van der Waals surface area contributed by atoms with Crippen molar-refractivity contribution in [1.82, 2.24) is 9.97 Å². The largest absolute Gasteiger partial charge is 0.433 e. The van der Waals surface area contributed by atoms with E-state index >= 15 is 0 Å². The molecule has 0 saturated heterocycles. The predicted molar refractivity (Wildman–Crippen MR) is 77.2 cm³/mol. The van der Waals surface area contributed by atoms with Gasteiger partial charge >= 0.3 is 6.18 Å². The first-order valence-corrected chi connectivity index (χ1v) is 7.06. The molecule has 0 amide bonds. The second-order valence-corrected chi connectivity index (χ2v) is 5.76. The maximum absolute atomic E-state index is 12.6. The van der Waals surface area contributed by atoms with E-state index in [4.69, 9.17) is 11.6 Å². The summed E-state index contributed by atoms with van der Waals surface area (Å²) in [5.41, 5.74) is -0.562. The molecule has 1 aromatic carbocycles. The van der Waals surface area contributed by atoms with E-state index in [1.54, 1.807) is 18.2 Å².